The molecule has 1 atom stereocenters. The first-order valence-corrected chi connectivity index (χ1v) is 9.34. The molecule has 18 heavy (non-hydrogen) atoms. The highest BCUT2D eigenvalue weighted by molar-refractivity contribution is 6.74. The van der Waals surface area contributed by atoms with Crippen LogP contribution in [0.3, 0.4) is 0 Å². The van der Waals surface area contributed by atoms with E-state index in [0.29, 0.717) is 5.02 Å². The first-order valence-electron chi connectivity index (χ1n) is 6.06. The van der Waals surface area contributed by atoms with E-state index >= 15 is 0 Å². The Balaban J connectivity index is 2.92. The van der Waals surface area contributed by atoms with Gasteiger partial charge in [0.2, 0.25) is 0 Å². The Hall–Kier alpha value is -0.643. The Morgan fingerprint density at radius 3 is 2.11 bits per heavy atom. The van der Waals surface area contributed by atoms with Crippen molar-refractivity contribution in [1.29, 1.82) is 0 Å². The molecule has 1 rings (SSSR count). The highest BCUT2D eigenvalue weighted by atomic mass is 35.5. The molecule has 0 aromatic heterocycles. The lowest BCUT2D eigenvalue weighted by molar-refractivity contribution is -0.114. The number of carbonyl (C=O) groups excluding carboxylic acids is 1. The van der Waals surface area contributed by atoms with Gasteiger partial charge in [0.15, 0.2) is 14.6 Å². The van der Waals surface area contributed by atoms with Crippen molar-refractivity contribution >= 4 is 26.2 Å². The molecule has 1 aromatic carbocycles. The molecule has 0 radical (unpaired) electrons. The van der Waals surface area contributed by atoms with Crippen molar-refractivity contribution in [3.8, 4) is 0 Å². The molecule has 0 aliphatic heterocycles. The number of aldehydes is 1. The van der Waals surface area contributed by atoms with Crippen LogP contribution in [0.5, 0.6) is 0 Å². The maximum atomic E-state index is 11.3. The predicted molar refractivity (Wildman–Crippen MR) is 78.5 cm³/mol. The zero-order valence-corrected chi connectivity index (χ0v) is 13.4. The summed E-state index contributed by atoms with van der Waals surface area (Å²) in [4.78, 5) is 11.3. The van der Waals surface area contributed by atoms with Gasteiger partial charge in [0.05, 0.1) is 0 Å². The summed E-state index contributed by atoms with van der Waals surface area (Å²) in [7, 11) is -1.95. The van der Waals surface area contributed by atoms with Crippen LogP contribution < -0.4 is 0 Å². The minimum Gasteiger partial charge on any atom is -0.403 e. The summed E-state index contributed by atoms with van der Waals surface area (Å²) in [6.07, 6.45) is 0.368. The highest BCUT2D eigenvalue weighted by Crippen LogP contribution is 2.39. The smallest absolute Gasteiger partial charge is 0.193 e. The van der Waals surface area contributed by atoms with Crippen LogP contribution in [0, 0.1) is 0 Å². The molecular formula is C14H21ClO2Si. The van der Waals surface area contributed by atoms with Crippen LogP contribution in [0.4, 0.5) is 0 Å². The third kappa shape index (κ3) is 3.67. The van der Waals surface area contributed by atoms with Crippen molar-refractivity contribution in [2.24, 2.45) is 0 Å². The van der Waals surface area contributed by atoms with Crippen molar-refractivity contribution in [2.45, 2.75) is 45.0 Å². The molecule has 2 nitrogen and oxygen atoms in total. The summed E-state index contributed by atoms with van der Waals surface area (Å²) in [6.45, 7) is 10.7. The molecule has 0 aliphatic rings. The van der Waals surface area contributed by atoms with E-state index in [0.717, 1.165) is 11.8 Å². The minimum atomic E-state index is -1.95. The summed E-state index contributed by atoms with van der Waals surface area (Å²) in [5.41, 5.74) is 0.860. The van der Waals surface area contributed by atoms with Gasteiger partial charge in [-0.05, 0) is 35.8 Å². The maximum Gasteiger partial charge on any atom is 0.193 e. The van der Waals surface area contributed by atoms with Crippen LogP contribution in [0.25, 0.3) is 0 Å². The first kappa shape index (κ1) is 15.4. The molecule has 0 heterocycles. The zero-order valence-electron chi connectivity index (χ0n) is 11.7. The third-order valence-corrected chi connectivity index (χ3v) is 8.26. The number of carbonyl (C=O) groups is 1. The van der Waals surface area contributed by atoms with E-state index in [1.54, 1.807) is 12.1 Å². The van der Waals surface area contributed by atoms with Crippen molar-refractivity contribution in [3.05, 3.63) is 34.9 Å². The van der Waals surface area contributed by atoms with Gasteiger partial charge in [-0.15, -0.1) is 0 Å². The quantitative estimate of drug-likeness (QED) is 0.596. The van der Waals surface area contributed by atoms with Gasteiger partial charge in [0, 0.05) is 5.02 Å². The SMILES string of the molecule is CC(C)(C)[Si](C)(C)O[C@H](C=O)c1ccc(Cl)cc1. The van der Waals surface area contributed by atoms with E-state index in [1.165, 1.54) is 0 Å². The molecule has 0 saturated heterocycles. The topological polar surface area (TPSA) is 26.3 Å². The molecule has 100 valence electrons. The van der Waals surface area contributed by atoms with Crippen molar-refractivity contribution in [2.75, 3.05) is 0 Å². The number of hydrogen-bond acceptors (Lipinski definition) is 2. The third-order valence-electron chi connectivity index (χ3n) is 3.55. The van der Waals surface area contributed by atoms with E-state index < -0.39 is 14.4 Å². The number of hydrogen-bond donors (Lipinski definition) is 0. The maximum absolute atomic E-state index is 11.3. The average molecular weight is 285 g/mol. The van der Waals surface area contributed by atoms with Gasteiger partial charge in [0.25, 0.3) is 0 Å². The van der Waals surface area contributed by atoms with Gasteiger partial charge in [-0.3, -0.25) is 0 Å². The molecule has 0 spiro atoms. The molecule has 0 bridgehead atoms. The van der Waals surface area contributed by atoms with Crippen LogP contribution in [0.15, 0.2) is 24.3 Å². The molecular weight excluding hydrogens is 264 g/mol. The van der Waals surface area contributed by atoms with E-state index in [1.807, 2.05) is 12.1 Å². The number of halogens is 1. The highest BCUT2D eigenvalue weighted by Gasteiger charge is 2.39. The molecule has 0 saturated carbocycles. The second kappa shape index (κ2) is 5.55. The van der Waals surface area contributed by atoms with Gasteiger partial charge in [-0.25, -0.2) is 0 Å². The van der Waals surface area contributed by atoms with Crippen LogP contribution in [-0.2, 0) is 9.22 Å². The van der Waals surface area contributed by atoms with Gasteiger partial charge in [-0.2, -0.15) is 0 Å². The second-order valence-electron chi connectivity index (χ2n) is 5.99. The Kier molecular flexibility index (Phi) is 4.76. The number of rotatable bonds is 4. The molecule has 0 amide bonds. The van der Waals surface area contributed by atoms with Gasteiger partial charge in [0.1, 0.15) is 6.10 Å². The fourth-order valence-corrected chi connectivity index (χ4v) is 2.63. The summed E-state index contributed by atoms with van der Waals surface area (Å²) in [6, 6.07) is 7.24. The van der Waals surface area contributed by atoms with Gasteiger partial charge >= 0.3 is 0 Å². The average Bonchev–Trinajstić information content (AvgIpc) is 2.25. The Bertz CT molecular complexity index is 407. The zero-order chi connectivity index (χ0) is 14.0. The summed E-state index contributed by atoms with van der Waals surface area (Å²) >= 11 is 5.84. The van der Waals surface area contributed by atoms with E-state index in [9.17, 15) is 4.79 Å². The molecule has 0 fully saturated rings. The van der Waals surface area contributed by atoms with Crippen molar-refractivity contribution in [3.63, 3.8) is 0 Å². The second-order valence-corrected chi connectivity index (χ2v) is 11.2. The molecule has 0 aliphatic carbocycles. The lowest BCUT2D eigenvalue weighted by atomic mass is 10.1. The molecule has 4 heteroatoms. The van der Waals surface area contributed by atoms with Crippen molar-refractivity contribution < 1.29 is 9.22 Å². The van der Waals surface area contributed by atoms with Crippen LogP contribution >= 0.6 is 11.6 Å². The van der Waals surface area contributed by atoms with Crippen LogP contribution in [0.1, 0.15) is 32.4 Å². The molecule has 1 aromatic rings. The predicted octanol–water partition coefficient (Wildman–Crippen LogP) is 4.60. The molecule has 0 N–H and O–H groups in total. The van der Waals surface area contributed by atoms with Gasteiger partial charge in [-0.1, -0.05) is 44.5 Å². The van der Waals surface area contributed by atoms with Crippen LogP contribution in [0.2, 0.25) is 23.2 Å². The van der Waals surface area contributed by atoms with Crippen LogP contribution in [-0.4, -0.2) is 14.6 Å². The Morgan fingerprint density at radius 1 is 1.22 bits per heavy atom. The van der Waals surface area contributed by atoms with Gasteiger partial charge < -0.3 is 9.22 Å². The normalized spacial score (nSPS) is 14.3. The van der Waals surface area contributed by atoms with E-state index in [2.05, 4.69) is 33.9 Å². The van der Waals surface area contributed by atoms with Crippen molar-refractivity contribution in [1.82, 2.24) is 0 Å². The number of benzene rings is 1. The largest absolute Gasteiger partial charge is 0.403 e. The molecule has 0 unspecified atom stereocenters. The fourth-order valence-electron chi connectivity index (χ4n) is 1.32. The summed E-state index contributed by atoms with van der Waals surface area (Å²) < 4.78 is 6.11. The van der Waals surface area contributed by atoms with E-state index in [4.69, 9.17) is 16.0 Å². The summed E-state index contributed by atoms with van der Waals surface area (Å²) in [5.74, 6) is 0. The standard InChI is InChI=1S/C14H21ClO2Si/c1-14(2,3)18(4,5)17-13(10-16)11-6-8-12(15)9-7-11/h6-10,13H,1-5H3/t13-/m1/s1. The Labute approximate surface area is 115 Å². The fraction of sp³-hybridized carbons (Fsp3) is 0.500. The Morgan fingerprint density at radius 2 is 1.72 bits per heavy atom. The summed E-state index contributed by atoms with van der Waals surface area (Å²) in [5, 5.41) is 0.747. The first-order chi connectivity index (χ1) is 8.17. The monoisotopic (exact) mass is 284 g/mol. The minimum absolute atomic E-state index is 0.0840. The lowest BCUT2D eigenvalue weighted by Gasteiger charge is -2.38. The van der Waals surface area contributed by atoms with E-state index in [-0.39, 0.29) is 5.04 Å². The lowest BCUT2D eigenvalue weighted by Crippen LogP contribution is -2.42.